The second-order valence-electron chi connectivity index (χ2n) is 1.70. The minimum atomic E-state index is 0.102. The lowest BCUT2D eigenvalue weighted by Gasteiger charge is -2.24. The van der Waals surface area contributed by atoms with Gasteiger partial charge in [0.15, 0.2) is 0 Å². The van der Waals surface area contributed by atoms with Crippen molar-refractivity contribution < 1.29 is 4.52 Å². The fourth-order valence-electron chi connectivity index (χ4n) is 0.599. The van der Waals surface area contributed by atoms with E-state index in [1.165, 1.54) is 18.7 Å². The molecule has 1 nitrogen and oxygen atoms in total. The number of hydrogen-bond donors (Lipinski definition) is 0. The van der Waals surface area contributed by atoms with Gasteiger partial charge in [-0.25, -0.2) is 0 Å². The molecule has 1 fully saturated rings. The van der Waals surface area contributed by atoms with E-state index in [1.807, 2.05) is 0 Å². The maximum atomic E-state index is 5.34. The highest BCUT2D eigenvalue weighted by Crippen LogP contribution is 2.46. The molecular weight excluding hydrogens is 107 g/mol. The van der Waals surface area contributed by atoms with Crippen LogP contribution >= 0.6 is 8.15 Å². The SMILES string of the molecule is CCOP1CCC1. The van der Waals surface area contributed by atoms with Crippen molar-refractivity contribution in [3.63, 3.8) is 0 Å². The van der Waals surface area contributed by atoms with Gasteiger partial charge in [0.25, 0.3) is 0 Å². The molecule has 0 amide bonds. The summed E-state index contributed by atoms with van der Waals surface area (Å²) in [6.45, 7) is 2.99. The van der Waals surface area contributed by atoms with Crippen molar-refractivity contribution in [1.29, 1.82) is 0 Å². The van der Waals surface area contributed by atoms with Crippen molar-refractivity contribution >= 4 is 8.15 Å². The molecule has 1 aliphatic heterocycles. The molecule has 0 radical (unpaired) electrons. The van der Waals surface area contributed by atoms with E-state index in [0.29, 0.717) is 0 Å². The van der Waals surface area contributed by atoms with Gasteiger partial charge in [-0.3, -0.25) is 0 Å². The van der Waals surface area contributed by atoms with E-state index >= 15 is 0 Å². The third-order valence-corrected chi connectivity index (χ3v) is 3.38. The molecule has 0 bridgehead atoms. The highest BCUT2D eigenvalue weighted by Gasteiger charge is 2.16. The van der Waals surface area contributed by atoms with E-state index < -0.39 is 0 Å². The molecule has 0 aromatic carbocycles. The maximum absolute atomic E-state index is 5.34. The Kier molecular flexibility index (Phi) is 2.08. The average molecular weight is 118 g/mol. The van der Waals surface area contributed by atoms with Crippen LogP contribution in [-0.4, -0.2) is 18.9 Å². The van der Waals surface area contributed by atoms with Crippen LogP contribution in [0.3, 0.4) is 0 Å². The molecule has 0 atom stereocenters. The summed E-state index contributed by atoms with van der Waals surface area (Å²) in [5.41, 5.74) is 0. The smallest absolute Gasteiger partial charge is 0.0480 e. The van der Waals surface area contributed by atoms with E-state index in [4.69, 9.17) is 4.52 Å². The van der Waals surface area contributed by atoms with E-state index in [1.54, 1.807) is 0 Å². The van der Waals surface area contributed by atoms with Gasteiger partial charge in [-0.1, -0.05) is 0 Å². The molecule has 0 aromatic rings. The van der Waals surface area contributed by atoms with Crippen LogP contribution in [0.25, 0.3) is 0 Å². The molecule has 0 spiro atoms. The lowest BCUT2D eigenvalue weighted by atomic mass is 10.5. The van der Waals surface area contributed by atoms with Crippen LogP contribution in [0.4, 0.5) is 0 Å². The molecule has 7 heavy (non-hydrogen) atoms. The van der Waals surface area contributed by atoms with Crippen LogP contribution in [0.5, 0.6) is 0 Å². The Morgan fingerprint density at radius 3 is 2.43 bits per heavy atom. The zero-order valence-corrected chi connectivity index (χ0v) is 5.58. The Labute approximate surface area is 45.9 Å². The topological polar surface area (TPSA) is 9.23 Å². The highest BCUT2D eigenvalue weighted by atomic mass is 31.1. The van der Waals surface area contributed by atoms with Crippen molar-refractivity contribution in [2.24, 2.45) is 0 Å². The van der Waals surface area contributed by atoms with Gasteiger partial charge in [0.05, 0.1) is 0 Å². The largest absolute Gasteiger partial charge is 0.360 e. The second-order valence-corrected chi connectivity index (χ2v) is 3.82. The molecule has 0 aromatic heterocycles. The summed E-state index contributed by atoms with van der Waals surface area (Å²) in [6.07, 6.45) is 4.14. The predicted octanol–water partition coefficient (Wildman–Crippen LogP) is 1.82. The summed E-state index contributed by atoms with van der Waals surface area (Å²) >= 11 is 0. The first-order valence-electron chi connectivity index (χ1n) is 2.81. The van der Waals surface area contributed by atoms with Crippen molar-refractivity contribution in [2.75, 3.05) is 18.9 Å². The zero-order valence-electron chi connectivity index (χ0n) is 4.68. The van der Waals surface area contributed by atoms with E-state index in [9.17, 15) is 0 Å². The van der Waals surface area contributed by atoms with Gasteiger partial charge in [-0.05, 0) is 25.7 Å². The summed E-state index contributed by atoms with van der Waals surface area (Å²) in [7, 11) is 0.102. The van der Waals surface area contributed by atoms with Crippen molar-refractivity contribution in [2.45, 2.75) is 13.3 Å². The Morgan fingerprint density at radius 2 is 2.29 bits per heavy atom. The average Bonchev–Trinajstić information content (AvgIpc) is 1.55. The minimum Gasteiger partial charge on any atom is -0.360 e. The molecule has 0 unspecified atom stereocenters. The normalized spacial score (nSPS) is 21.9. The van der Waals surface area contributed by atoms with Gasteiger partial charge in [-0.15, -0.1) is 0 Å². The highest BCUT2D eigenvalue weighted by molar-refractivity contribution is 7.54. The zero-order chi connectivity index (χ0) is 5.11. The molecule has 0 aliphatic carbocycles. The monoisotopic (exact) mass is 118 g/mol. The molecule has 0 N–H and O–H groups in total. The molecule has 1 rings (SSSR count). The molecule has 1 aliphatic rings. The van der Waals surface area contributed by atoms with Crippen molar-refractivity contribution in [3.05, 3.63) is 0 Å². The van der Waals surface area contributed by atoms with Gasteiger partial charge in [0, 0.05) is 14.8 Å². The molecule has 2 heteroatoms. The molecule has 0 saturated carbocycles. The first-order valence-corrected chi connectivity index (χ1v) is 4.44. The van der Waals surface area contributed by atoms with Gasteiger partial charge in [-0.2, -0.15) is 0 Å². The van der Waals surface area contributed by atoms with E-state index in [0.717, 1.165) is 6.61 Å². The maximum Gasteiger partial charge on any atom is 0.0480 e. The lowest BCUT2D eigenvalue weighted by Crippen LogP contribution is -2.05. The fraction of sp³-hybridized carbons (Fsp3) is 1.00. The summed E-state index contributed by atoms with van der Waals surface area (Å²) in [5.74, 6) is 0. The Hall–Kier alpha value is 0.390. The minimum absolute atomic E-state index is 0.102. The van der Waals surface area contributed by atoms with Crippen LogP contribution in [0.15, 0.2) is 0 Å². The summed E-state index contributed by atoms with van der Waals surface area (Å²) in [4.78, 5) is 0. The number of rotatable bonds is 2. The van der Waals surface area contributed by atoms with Crippen LogP contribution in [0, 0.1) is 0 Å². The quantitative estimate of drug-likeness (QED) is 0.502. The Morgan fingerprint density at radius 1 is 1.57 bits per heavy atom. The van der Waals surface area contributed by atoms with Crippen LogP contribution in [0.2, 0.25) is 0 Å². The molecule has 42 valence electrons. The van der Waals surface area contributed by atoms with Gasteiger partial charge in [0.2, 0.25) is 0 Å². The third-order valence-electron chi connectivity index (χ3n) is 1.13. The van der Waals surface area contributed by atoms with Gasteiger partial charge in [0.1, 0.15) is 0 Å². The molecule has 1 heterocycles. The van der Waals surface area contributed by atoms with Crippen molar-refractivity contribution in [3.8, 4) is 0 Å². The predicted molar refractivity (Wildman–Crippen MR) is 32.9 cm³/mol. The molecular formula is C5H11OP. The summed E-state index contributed by atoms with van der Waals surface area (Å²) < 4.78 is 5.34. The van der Waals surface area contributed by atoms with Crippen LogP contribution in [-0.2, 0) is 4.52 Å². The number of hydrogen-bond acceptors (Lipinski definition) is 1. The summed E-state index contributed by atoms with van der Waals surface area (Å²) in [5, 5.41) is 0. The second kappa shape index (κ2) is 2.64. The summed E-state index contributed by atoms with van der Waals surface area (Å²) in [6, 6.07) is 0. The van der Waals surface area contributed by atoms with Gasteiger partial charge >= 0.3 is 0 Å². The standard InChI is InChI=1S/C5H11OP/c1-2-6-7-4-3-5-7/h2-5H2,1H3. The van der Waals surface area contributed by atoms with Crippen LogP contribution in [0.1, 0.15) is 13.3 Å². The van der Waals surface area contributed by atoms with Gasteiger partial charge < -0.3 is 4.52 Å². The molecule has 1 saturated heterocycles. The fourth-order valence-corrected chi connectivity index (χ4v) is 1.80. The first-order chi connectivity index (χ1) is 3.43. The van der Waals surface area contributed by atoms with E-state index in [2.05, 4.69) is 6.92 Å². The first kappa shape index (κ1) is 5.53. The Bertz CT molecular complexity index is 52.0. The van der Waals surface area contributed by atoms with E-state index in [-0.39, 0.29) is 8.15 Å². The third kappa shape index (κ3) is 1.40. The van der Waals surface area contributed by atoms with Crippen molar-refractivity contribution in [1.82, 2.24) is 0 Å². The van der Waals surface area contributed by atoms with Crippen LogP contribution < -0.4 is 0 Å². The Balaban J connectivity index is 1.93. The lowest BCUT2D eigenvalue weighted by molar-refractivity contribution is 0.370.